The normalized spacial score (nSPS) is 12.9. The van der Waals surface area contributed by atoms with E-state index in [0.717, 1.165) is 16.2 Å². The number of amides is 3. The highest BCUT2D eigenvalue weighted by molar-refractivity contribution is 6.22. The summed E-state index contributed by atoms with van der Waals surface area (Å²) >= 11 is 0. The van der Waals surface area contributed by atoms with Gasteiger partial charge in [-0.2, -0.15) is 0 Å². The number of fused-ring (bicyclic) bond motifs is 1. The zero-order valence-electron chi connectivity index (χ0n) is 13.8. The molecule has 0 unspecified atom stereocenters. The molecule has 0 bridgehead atoms. The SMILES string of the molecule is COc1cccc(CCNC(=O)CN2C(=O)c3ccccc3C2=O)c1. The molecule has 0 saturated carbocycles. The molecule has 3 amide bonds. The van der Waals surface area contributed by atoms with E-state index in [1.165, 1.54) is 0 Å². The van der Waals surface area contributed by atoms with Gasteiger partial charge in [-0.25, -0.2) is 0 Å². The lowest BCUT2D eigenvalue weighted by atomic mass is 10.1. The molecule has 0 aromatic heterocycles. The van der Waals surface area contributed by atoms with E-state index in [2.05, 4.69) is 5.32 Å². The number of carbonyl (C=O) groups excluding carboxylic acids is 3. The zero-order chi connectivity index (χ0) is 17.8. The number of rotatable bonds is 6. The lowest BCUT2D eigenvalue weighted by Gasteiger charge is -2.13. The molecule has 0 atom stereocenters. The number of methoxy groups -OCH3 is 1. The van der Waals surface area contributed by atoms with Crippen molar-refractivity contribution in [2.75, 3.05) is 20.2 Å². The summed E-state index contributed by atoms with van der Waals surface area (Å²) in [5, 5.41) is 2.74. The number of carbonyl (C=O) groups is 3. The van der Waals surface area contributed by atoms with E-state index in [4.69, 9.17) is 4.74 Å². The molecule has 1 aliphatic heterocycles. The minimum Gasteiger partial charge on any atom is -0.497 e. The summed E-state index contributed by atoms with van der Waals surface area (Å²) in [5.41, 5.74) is 1.72. The molecule has 128 valence electrons. The fourth-order valence-electron chi connectivity index (χ4n) is 2.76. The fourth-order valence-corrected chi connectivity index (χ4v) is 2.76. The average molecular weight is 338 g/mol. The molecule has 0 saturated heterocycles. The third-order valence-electron chi connectivity index (χ3n) is 4.05. The third kappa shape index (κ3) is 3.52. The van der Waals surface area contributed by atoms with Crippen LogP contribution in [0.2, 0.25) is 0 Å². The van der Waals surface area contributed by atoms with Crippen LogP contribution in [0.15, 0.2) is 48.5 Å². The van der Waals surface area contributed by atoms with Crippen LogP contribution in [0.3, 0.4) is 0 Å². The summed E-state index contributed by atoms with van der Waals surface area (Å²) in [7, 11) is 1.60. The molecule has 2 aromatic rings. The first kappa shape index (κ1) is 16.7. The number of imide groups is 1. The van der Waals surface area contributed by atoms with Gasteiger partial charge in [0.25, 0.3) is 11.8 Å². The smallest absolute Gasteiger partial charge is 0.262 e. The molecular formula is C19H18N2O4. The topological polar surface area (TPSA) is 75.7 Å². The molecule has 1 N–H and O–H groups in total. The van der Waals surface area contributed by atoms with Gasteiger partial charge in [-0.1, -0.05) is 24.3 Å². The standard InChI is InChI=1S/C19H18N2O4/c1-25-14-6-4-5-13(11-14)9-10-20-17(22)12-21-18(23)15-7-2-3-8-16(15)19(21)24/h2-8,11H,9-10,12H2,1H3,(H,20,22). The van der Waals surface area contributed by atoms with Gasteiger partial charge in [0.2, 0.25) is 5.91 Å². The molecular weight excluding hydrogens is 320 g/mol. The number of nitrogens with zero attached hydrogens (tertiary/aromatic N) is 1. The maximum Gasteiger partial charge on any atom is 0.262 e. The highest BCUT2D eigenvalue weighted by atomic mass is 16.5. The fraction of sp³-hybridized carbons (Fsp3) is 0.211. The average Bonchev–Trinajstić information content (AvgIpc) is 2.87. The van der Waals surface area contributed by atoms with Crippen LogP contribution in [0.1, 0.15) is 26.3 Å². The largest absolute Gasteiger partial charge is 0.497 e. The van der Waals surface area contributed by atoms with Crippen molar-refractivity contribution in [2.45, 2.75) is 6.42 Å². The molecule has 25 heavy (non-hydrogen) atoms. The van der Waals surface area contributed by atoms with E-state index in [0.29, 0.717) is 24.1 Å². The van der Waals surface area contributed by atoms with E-state index in [-0.39, 0.29) is 12.5 Å². The minimum atomic E-state index is -0.427. The van der Waals surface area contributed by atoms with Crippen LogP contribution >= 0.6 is 0 Å². The molecule has 1 heterocycles. The Kier molecular flexibility index (Phi) is 4.79. The van der Waals surface area contributed by atoms with Crippen LogP contribution in [-0.2, 0) is 11.2 Å². The van der Waals surface area contributed by atoms with Gasteiger partial charge in [-0.15, -0.1) is 0 Å². The second kappa shape index (κ2) is 7.17. The third-order valence-corrected chi connectivity index (χ3v) is 4.05. The monoisotopic (exact) mass is 338 g/mol. The minimum absolute atomic E-state index is 0.273. The van der Waals surface area contributed by atoms with Crippen LogP contribution in [-0.4, -0.2) is 42.8 Å². The van der Waals surface area contributed by atoms with Crippen LogP contribution in [0.4, 0.5) is 0 Å². The molecule has 1 aliphatic rings. The molecule has 6 heteroatoms. The highest BCUT2D eigenvalue weighted by Crippen LogP contribution is 2.21. The van der Waals surface area contributed by atoms with Crippen molar-refractivity contribution in [2.24, 2.45) is 0 Å². The van der Waals surface area contributed by atoms with Crippen molar-refractivity contribution < 1.29 is 19.1 Å². The zero-order valence-corrected chi connectivity index (χ0v) is 13.8. The molecule has 6 nitrogen and oxygen atoms in total. The van der Waals surface area contributed by atoms with Gasteiger partial charge in [-0.3, -0.25) is 19.3 Å². The summed E-state index contributed by atoms with van der Waals surface area (Å²) in [6.45, 7) is 0.139. The maximum atomic E-state index is 12.2. The summed E-state index contributed by atoms with van der Waals surface area (Å²) in [6, 6.07) is 14.2. The van der Waals surface area contributed by atoms with Crippen molar-refractivity contribution in [3.05, 3.63) is 65.2 Å². The van der Waals surface area contributed by atoms with E-state index in [1.54, 1.807) is 31.4 Å². The van der Waals surface area contributed by atoms with Gasteiger partial charge in [-0.05, 0) is 36.2 Å². The number of ether oxygens (including phenoxy) is 1. The second-order valence-corrected chi connectivity index (χ2v) is 5.69. The molecule has 0 aliphatic carbocycles. The Morgan fingerprint density at radius 2 is 1.72 bits per heavy atom. The highest BCUT2D eigenvalue weighted by Gasteiger charge is 2.36. The quantitative estimate of drug-likeness (QED) is 0.813. The Hall–Kier alpha value is -3.15. The number of benzene rings is 2. The Morgan fingerprint density at radius 3 is 2.36 bits per heavy atom. The van der Waals surface area contributed by atoms with Crippen LogP contribution in [0, 0.1) is 0 Å². The lowest BCUT2D eigenvalue weighted by Crippen LogP contribution is -2.40. The summed E-state index contributed by atoms with van der Waals surface area (Å²) in [4.78, 5) is 37.5. The lowest BCUT2D eigenvalue weighted by molar-refractivity contribution is -0.121. The molecule has 0 fully saturated rings. The maximum absolute atomic E-state index is 12.2. The van der Waals surface area contributed by atoms with Crippen molar-refractivity contribution in [3.63, 3.8) is 0 Å². The van der Waals surface area contributed by atoms with Crippen LogP contribution in [0.25, 0.3) is 0 Å². The molecule has 3 rings (SSSR count). The van der Waals surface area contributed by atoms with Gasteiger partial charge < -0.3 is 10.1 Å². The predicted molar refractivity (Wildman–Crippen MR) is 91.5 cm³/mol. The van der Waals surface area contributed by atoms with Crippen LogP contribution in [0.5, 0.6) is 5.75 Å². The van der Waals surface area contributed by atoms with Crippen molar-refractivity contribution in [3.8, 4) is 5.75 Å². The predicted octanol–water partition coefficient (Wildman–Crippen LogP) is 1.65. The summed E-state index contributed by atoms with van der Waals surface area (Å²) in [5.74, 6) is -0.459. The number of nitrogens with one attached hydrogen (secondary N) is 1. The van der Waals surface area contributed by atoms with E-state index in [1.807, 2.05) is 24.3 Å². The van der Waals surface area contributed by atoms with E-state index in [9.17, 15) is 14.4 Å². The Bertz CT molecular complexity index is 797. The Labute approximate surface area is 145 Å². The summed E-state index contributed by atoms with van der Waals surface area (Å²) in [6.07, 6.45) is 0.630. The van der Waals surface area contributed by atoms with Crippen molar-refractivity contribution >= 4 is 17.7 Å². The van der Waals surface area contributed by atoms with E-state index < -0.39 is 11.8 Å². The van der Waals surface area contributed by atoms with Gasteiger partial charge in [0.15, 0.2) is 0 Å². The molecule has 2 aromatic carbocycles. The number of hydrogen-bond donors (Lipinski definition) is 1. The van der Waals surface area contributed by atoms with Crippen molar-refractivity contribution in [1.29, 1.82) is 0 Å². The van der Waals surface area contributed by atoms with Crippen LogP contribution < -0.4 is 10.1 Å². The summed E-state index contributed by atoms with van der Waals surface area (Å²) < 4.78 is 5.16. The first-order chi connectivity index (χ1) is 12.1. The van der Waals surface area contributed by atoms with Gasteiger partial charge in [0.05, 0.1) is 18.2 Å². The van der Waals surface area contributed by atoms with Gasteiger partial charge >= 0.3 is 0 Å². The second-order valence-electron chi connectivity index (χ2n) is 5.69. The first-order valence-electron chi connectivity index (χ1n) is 7.95. The number of hydrogen-bond acceptors (Lipinski definition) is 4. The Morgan fingerprint density at radius 1 is 1.04 bits per heavy atom. The van der Waals surface area contributed by atoms with Gasteiger partial charge in [0.1, 0.15) is 12.3 Å². The molecule has 0 radical (unpaired) electrons. The Balaban J connectivity index is 1.53. The van der Waals surface area contributed by atoms with Gasteiger partial charge in [0, 0.05) is 6.54 Å². The first-order valence-corrected chi connectivity index (χ1v) is 7.95. The van der Waals surface area contributed by atoms with E-state index >= 15 is 0 Å². The van der Waals surface area contributed by atoms with Crippen molar-refractivity contribution in [1.82, 2.24) is 10.2 Å². The molecule has 0 spiro atoms.